The maximum Gasteiger partial charge on any atom is 0.364 e. The average molecular weight is 632 g/mol. The van der Waals surface area contributed by atoms with Crippen LogP contribution in [-0.4, -0.2) is 81.5 Å². The van der Waals surface area contributed by atoms with Gasteiger partial charge in [-0.1, -0.05) is 79.2 Å². The van der Waals surface area contributed by atoms with E-state index in [1.165, 1.54) is 57.7 Å². The number of rotatable bonds is 19. The summed E-state index contributed by atoms with van der Waals surface area (Å²) in [6.07, 6.45) is 18.4. The molecule has 1 saturated heterocycles. The molecule has 0 spiro atoms. The molecule has 0 aromatic carbocycles. The standard InChI is InChI=1S/C22H37NO4.C7H18N2.C2H4O2S.C2H6/c1-5-20-22(27-17-26-20)21(25-4)13-12-19(16-23-14-15-24)11-9-7-6-8-10-18(2)3;1-3-4-6-9(2)7-5-8;1-5-2(3)4;1-2/h5,12-13,15,18-19,23H,6-11,14,16-17H2,1-4H3;3-8H2,1-2H3;1H3,(H,3,4);1-2H3/b13-12+,20-5+,22-21-;;;. The van der Waals surface area contributed by atoms with Crippen LogP contribution in [0.15, 0.2) is 35.5 Å². The molecule has 0 aliphatic carbocycles. The highest BCUT2D eigenvalue weighted by Gasteiger charge is 2.20. The van der Waals surface area contributed by atoms with Gasteiger partial charge >= 0.3 is 5.30 Å². The van der Waals surface area contributed by atoms with Gasteiger partial charge in [-0.3, -0.25) is 0 Å². The lowest BCUT2D eigenvalue weighted by Crippen LogP contribution is -2.26. The summed E-state index contributed by atoms with van der Waals surface area (Å²) < 4.78 is 16.4. The molecule has 0 radical (unpaired) electrons. The molecule has 0 saturated carbocycles. The number of unbranched alkanes of at least 4 members (excludes halogenated alkanes) is 4. The first kappa shape index (κ1) is 45.4. The van der Waals surface area contributed by atoms with E-state index in [-0.39, 0.29) is 6.79 Å². The maximum absolute atomic E-state index is 10.6. The van der Waals surface area contributed by atoms with Crippen molar-refractivity contribution in [3.8, 4) is 0 Å². The first-order chi connectivity index (χ1) is 20.7. The van der Waals surface area contributed by atoms with Crippen LogP contribution < -0.4 is 11.1 Å². The Balaban J connectivity index is -0.000000821. The number of aldehydes is 1. The number of ether oxygens (including phenoxy) is 3. The van der Waals surface area contributed by atoms with E-state index in [0.717, 1.165) is 50.0 Å². The quantitative estimate of drug-likeness (QED) is 0.0753. The molecule has 9 nitrogen and oxygen atoms in total. The van der Waals surface area contributed by atoms with E-state index in [1.807, 2.05) is 32.9 Å². The van der Waals surface area contributed by atoms with Gasteiger partial charge in [-0.15, -0.1) is 0 Å². The van der Waals surface area contributed by atoms with Gasteiger partial charge in [-0.2, -0.15) is 0 Å². The smallest absolute Gasteiger partial charge is 0.364 e. The summed E-state index contributed by atoms with van der Waals surface area (Å²) in [5.74, 6) is 3.15. The zero-order valence-electron chi connectivity index (χ0n) is 28.8. The van der Waals surface area contributed by atoms with Crippen LogP contribution in [0, 0.1) is 11.8 Å². The van der Waals surface area contributed by atoms with Crippen LogP contribution in [0.2, 0.25) is 0 Å². The van der Waals surface area contributed by atoms with Gasteiger partial charge in [0.2, 0.25) is 12.6 Å². The fraction of sp³-hybridized carbons (Fsp3) is 0.758. The number of nitrogens with one attached hydrogen (secondary N) is 1. The molecule has 0 aromatic heterocycles. The van der Waals surface area contributed by atoms with E-state index in [9.17, 15) is 9.59 Å². The number of allylic oxidation sites excluding steroid dienone is 2. The van der Waals surface area contributed by atoms with Crippen LogP contribution in [0.4, 0.5) is 4.79 Å². The second-order valence-electron chi connectivity index (χ2n) is 10.2. The van der Waals surface area contributed by atoms with Crippen LogP contribution in [-0.2, 0) is 19.0 Å². The van der Waals surface area contributed by atoms with Crippen LogP contribution >= 0.6 is 11.8 Å². The molecule has 1 fully saturated rings. The van der Waals surface area contributed by atoms with E-state index < -0.39 is 5.30 Å². The second-order valence-corrected chi connectivity index (χ2v) is 11.0. The number of methoxy groups -OCH3 is 1. The van der Waals surface area contributed by atoms with Crippen molar-refractivity contribution >= 4 is 23.3 Å². The van der Waals surface area contributed by atoms with Crippen molar-refractivity contribution in [1.29, 1.82) is 0 Å². The third kappa shape index (κ3) is 29.8. The lowest BCUT2D eigenvalue weighted by Gasteiger charge is -2.14. The number of nitrogens with zero attached hydrogens (tertiary/aromatic N) is 1. The Bertz CT molecular complexity index is 744. The molecule has 1 heterocycles. The highest BCUT2D eigenvalue weighted by atomic mass is 32.2. The summed E-state index contributed by atoms with van der Waals surface area (Å²) in [6, 6.07) is 0. The summed E-state index contributed by atoms with van der Waals surface area (Å²) >= 11 is 0.796. The molecule has 1 aliphatic rings. The lowest BCUT2D eigenvalue weighted by molar-refractivity contribution is -0.107. The number of likely N-dealkylation sites (N-methyl/N-ethyl adjacent to an activating group) is 1. The fourth-order valence-corrected chi connectivity index (χ4v) is 3.82. The number of carbonyl (C=O) groups excluding carboxylic acids is 1. The lowest BCUT2D eigenvalue weighted by atomic mass is 9.98. The van der Waals surface area contributed by atoms with Crippen molar-refractivity contribution in [3.63, 3.8) is 0 Å². The largest absolute Gasteiger partial charge is 0.493 e. The number of thioether (sulfide) groups is 1. The van der Waals surface area contributed by atoms with E-state index in [1.54, 1.807) is 7.11 Å². The molecule has 10 heteroatoms. The summed E-state index contributed by atoms with van der Waals surface area (Å²) in [6.45, 7) is 17.0. The van der Waals surface area contributed by atoms with Gasteiger partial charge in [-0.25, -0.2) is 4.79 Å². The Morgan fingerprint density at radius 1 is 1.14 bits per heavy atom. The van der Waals surface area contributed by atoms with Crippen molar-refractivity contribution in [2.45, 2.75) is 92.9 Å². The number of carbonyl (C=O) groups is 2. The number of hydrogen-bond acceptors (Lipinski definition) is 9. The Morgan fingerprint density at radius 2 is 1.77 bits per heavy atom. The van der Waals surface area contributed by atoms with Gasteiger partial charge in [0.05, 0.1) is 13.7 Å². The minimum Gasteiger partial charge on any atom is -0.493 e. The molecule has 1 rings (SSSR count). The third-order valence-corrected chi connectivity index (χ3v) is 6.54. The zero-order chi connectivity index (χ0) is 33.3. The SMILES string of the molecule is C/C=C1/OCO/C1=C(/C=C/C(CCCCCCC(C)C)CNCC=O)OC.CC.CCCCN(C)CCN.CSC(=O)O. The third-order valence-electron chi connectivity index (χ3n) is 6.19. The van der Waals surface area contributed by atoms with Gasteiger partial charge in [0.1, 0.15) is 6.29 Å². The first-order valence-electron chi connectivity index (χ1n) is 15.9. The minimum atomic E-state index is -0.829. The van der Waals surface area contributed by atoms with E-state index >= 15 is 0 Å². The van der Waals surface area contributed by atoms with Crippen LogP contribution in [0.25, 0.3) is 0 Å². The Kier molecular flexibility index (Phi) is 36.4. The second kappa shape index (κ2) is 34.5. The Hall–Kier alpha value is -2.01. The number of carboxylic acid groups (broad SMARTS) is 1. The van der Waals surface area contributed by atoms with Crippen LogP contribution in [0.1, 0.15) is 92.9 Å². The molecule has 254 valence electrons. The molecular weight excluding hydrogens is 566 g/mol. The van der Waals surface area contributed by atoms with E-state index in [4.69, 9.17) is 25.1 Å². The molecule has 1 aliphatic heterocycles. The Labute approximate surface area is 268 Å². The monoisotopic (exact) mass is 631 g/mol. The average Bonchev–Trinajstić information content (AvgIpc) is 3.48. The normalized spacial score (nSPS) is 14.9. The fourth-order valence-electron chi connectivity index (χ4n) is 3.82. The highest BCUT2D eigenvalue weighted by molar-refractivity contribution is 8.12. The van der Waals surface area contributed by atoms with Crippen molar-refractivity contribution in [1.82, 2.24) is 10.2 Å². The van der Waals surface area contributed by atoms with Crippen molar-refractivity contribution in [2.24, 2.45) is 17.6 Å². The van der Waals surface area contributed by atoms with Crippen molar-refractivity contribution in [3.05, 3.63) is 35.5 Å². The van der Waals surface area contributed by atoms with E-state index in [2.05, 4.69) is 44.1 Å². The van der Waals surface area contributed by atoms with Crippen molar-refractivity contribution in [2.75, 3.05) is 59.9 Å². The molecule has 43 heavy (non-hydrogen) atoms. The van der Waals surface area contributed by atoms with Gasteiger partial charge in [0.25, 0.3) is 0 Å². The predicted molar refractivity (Wildman–Crippen MR) is 183 cm³/mol. The summed E-state index contributed by atoms with van der Waals surface area (Å²) in [7, 11) is 3.75. The minimum absolute atomic E-state index is 0.219. The zero-order valence-corrected chi connectivity index (χ0v) is 29.6. The molecule has 0 amide bonds. The molecule has 4 N–H and O–H groups in total. The molecular formula is C33H65N3O6S. The van der Waals surface area contributed by atoms with Crippen molar-refractivity contribution < 1.29 is 28.9 Å². The maximum atomic E-state index is 10.6. The highest BCUT2D eigenvalue weighted by Crippen LogP contribution is 2.26. The molecule has 1 atom stereocenters. The van der Waals surface area contributed by atoms with E-state index in [0.29, 0.717) is 29.7 Å². The summed E-state index contributed by atoms with van der Waals surface area (Å²) in [5.41, 5.74) is 5.36. The predicted octanol–water partition coefficient (Wildman–Crippen LogP) is 7.44. The van der Waals surface area contributed by atoms with Gasteiger partial charge in [-0.05, 0) is 75.4 Å². The number of hydrogen-bond donors (Lipinski definition) is 3. The first-order valence-corrected chi connectivity index (χ1v) is 17.1. The van der Waals surface area contributed by atoms with Crippen LogP contribution in [0.3, 0.4) is 0 Å². The summed E-state index contributed by atoms with van der Waals surface area (Å²) in [5, 5.41) is 10.0. The Morgan fingerprint density at radius 3 is 2.26 bits per heavy atom. The molecule has 0 bridgehead atoms. The molecule has 0 aromatic rings. The van der Waals surface area contributed by atoms with Gasteiger partial charge < -0.3 is 40.1 Å². The van der Waals surface area contributed by atoms with Gasteiger partial charge in [0.15, 0.2) is 11.5 Å². The molecule has 1 unspecified atom stereocenters. The number of nitrogens with two attached hydrogens (primary N) is 1. The van der Waals surface area contributed by atoms with Gasteiger partial charge in [0, 0.05) is 19.6 Å². The topological polar surface area (TPSA) is 123 Å². The summed E-state index contributed by atoms with van der Waals surface area (Å²) in [4.78, 5) is 22.2. The van der Waals surface area contributed by atoms with Crippen LogP contribution in [0.5, 0.6) is 0 Å².